The SMILES string of the molecule is CC(F)(F)C(OC1OC(CN)C(O)C(O)C1O)C(N)CC(N)OC1OOC(O)C(N)C1O. The lowest BCUT2D eigenvalue weighted by Gasteiger charge is -2.42. The molecule has 0 amide bonds. The first-order valence-corrected chi connectivity index (χ1v) is 9.81. The van der Waals surface area contributed by atoms with E-state index in [9.17, 15) is 34.3 Å². The van der Waals surface area contributed by atoms with E-state index < -0.39 is 86.1 Å². The van der Waals surface area contributed by atoms with E-state index in [-0.39, 0.29) is 6.54 Å². The number of hydrogen-bond donors (Lipinski definition) is 9. The molecule has 2 heterocycles. The van der Waals surface area contributed by atoms with Crippen molar-refractivity contribution in [3.05, 3.63) is 0 Å². The number of aliphatic hydroxyl groups excluding tert-OH is 5. The molecule has 2 fully saturated rings. The molecule has 14 nitrogen and oxygen atoms in total. The zero-order valence-electron chi connectivity index (χ0n) is 17.2. The highest BCUT2D eigenvalue weighted by Crippen LogP contribution is 2.30. The lowest BCUT2D eigenvalue weighted by Crippen LogP contribution is -2.62. The Hall–Kier alpha value is -0.700. The van der Waals surface area contributed by atoms with Gasteiger partial charge < -0.3 is 62.7 Å². The molecule has 16 heteroatoms. The van der Waals surface area contributed by atoms with Crippen molar-refractivity contribution < 1.29 is 58.3 Å². The van der Waals surface area contributed by atoms with Crippen LogP contribution in [-0.4, -0.2) is 112 Å². The summed E-state index contributed by atoms with van der Waals surface area (Å²) in [5, 5.41) is 49.1. The second-order valence-electron chi connectivity index (χ2n) is 7.86. The molecule has 2 rings (SSSR count). The van der Waals surface area contributed by atoms with Crippen LogP contribution in [0.25, 0.3) is 0 Å². The Morgan fingerprint density at radius 3 is 2.12 bits per heavy atom. The molecule has 0 bridgehead atoms. The zero-order valence-corrected chi connectivity index (χ0v) is 17.2. The highest BCUT2D eigenvalue weighted by Gasteiger charge is 2.49. The molecule has 0 radical (unpaired) electrons. The number of rotatable bonds is 9. The molecule has 13 N–H and O–H groups in total. The first kappa shape index (κ1) is 27.5. The van der Waals surface area contributed by atoms with Crippen molar-refractivity contribution in [2.24, 2.45) is 22.9 Å². The van der Waals surface area contributed by atoms with E-state index in [0.29, 0.717) is 6.92 Å². The quantitative estimate of drug-likeness (QED) is 0.111. The van der Waals surface area contributed by atoms with Crippen molar-refractivity contribution in [1.82, 2.24) is 0 Å². The van der Waals surface area contributed by atoms with Crippen LogP contribution >= 0.6 is 0 Å². The second kappa shape index (κ2) is 11.2. The van der Waals surface area contributed by atoms with Crippen molar-refractivity contribution in [2.45, 2.75) is 93.1 Å². The van der Waals surface area contributed by atoms with E-state index in [1.165, 1.54) is 0 Å². The van der Waals surface area contributed by atoms with Crippen LogP contribution in [0.15, 0.2) is 0 Å². The molecule has 0 aliphatic carbocycles. The molecule has 190 valence electrons. The van der Waals surface area contributed by atoms with Crippen LogP contribution in [0.2, 0.25) is 0 Å². The minimum Gasteiger partial charge on any atom is -0.388 e. The lowest BCUT2D eigenvalue weighted by atomic mass is 9.98. The normalized spacial score (nSPS) is 41.8. The summed E-state index contributed by atoms with van der Waals surface area (Å²) in [5.41, 5.74) is 22.5. The zero-order chi connectivity index (χ0) is 24.4. The number of alkyl halides is 2. The van der Waals surface area contributed by atoms with Crippen LogP contribution in [0.3, 0.4) is 0 Å². The Labute approximate surface area is 181 Å². The number of nitrogens with two attached hydrogens (primary N) is 4. The highest BCUT2D eigenvalue weighted by atomic mass is 19.3. The third-order valence-electron chi connectivity index (χ3n) is 5.13. The number of halogens is 2. The molecule has 12 unspecified atom stereocenters. The van der Waals surface area contributed by atoms with Gasteiger partial charge in [-0.3, -0.25) is 0 Å². The van der Waals surface area contributed by atoms with Gasteiger partial charge in [-0.15, -0.1) is 0 Å². The van der Waals surface area contributed by atoms with Gasteiger partial charge in [-0.2, -0.15) is 4.89 Å². The molecule has 0 saturated carbocycles. The maximum absolute atomic E-state index is 14.2. The van der Waals surface area contributed by atoms with E-state index in [2.05, 4.69) is 9.78 Å². The number of hydrogen-bond acceptors (Lipinski definition) is 14. The summed E-state index contributed by atoms with van der Waals surface area (Å²) in [6.45, 7) is 0.221. The van der Waals surface area contributed by atoms with Crippen LogP contribution in [0, 0.1) is 0 Å². The van der Waals surface area contributed by atoms with Gasteiger partial charge in [0.2, 0.25) is 12.6 Å². The van der Waals surface area contributed by atoms with Gasteiger partial charge in [0.15, 0.2) is 6.29 Å². The Morgan fingerprint density at radius 1 is 0.938 bits per heavy atom. The molecule has 0 aromatic carbocycles. The second-order valence-corrected chi connectivity index (χ2v) is 7.86. The minimum atomic E-state index is -3.57. The molecule has 2 saturated heterocycles. The highest BCUT2D eigenvalue weighted by molar-refractivity contribution is 4.92. The summed E-state index contributed by atoms with van der Waals surface area (Å²) in [6.07, 6.45) is -16.8. The summed E-state index contributed by atoms with van der Waals surface area (Å²) >= 11 is 0. The molecule has 32 heavy (non-hydrogen) atoms. The summed E-state index contributed by atoms with van der Waals surface area (Å²) < 4.78 is 44.1. The van der Waals surface area contributed by atoms with Gasteiger partial charge in [0, 0.05) is 25.9 Å². The summed E-state index contributed by atoms with van der Waals surface area (Å²) in [5.74, 6) is -3.57. The van der Waals surface area contributed by atoms with Crippen molar-refractivity contribution in [3.63, 3.8) is 0 Å². The van der Waals surface area contributed by atoms with Crippen molar-refractivity contribution >= 4 is 0 Å². The standard InChI is InChI=1S/C16H32F2N4O10/c1-16(17,18)12(30-14-11(26)10(25)8(23)5(3-19)28-14)4(20)2-6(21)29-15-9(24)7(22)13(27)31-32-15/h4-15,23-27H,2-3,19-22H2,1H3. The average Bonchev–Trinajstić information content (AvgIpc) is 2.71. The van der Waals surface area contributed by atoms with E-state index in [4.69, 9.17) is 37.1 Å². The molecule has 2 aliphatic heterocycles. The fourth-order valence-electron chi connectivity index (χ4n) is 3.27. The third kappa shape index (κ3) is 6.45. The summed E-state index contributed by atoms with van der Waals surface area (Å²) in [7, 11) is 0. The predicted octanol–water partition coefficient (Wildman–Crippen LogP) is -4.89. The van der Waals surface area contributed by atoms with Gasteiger partial charge in [-0.25, -0.2) is 13.7 Å². The summed E-state index contributed by atoms with van der Waals surface area (Å²) in [4.78, 5) is 9.06. The first-order chi connectivity index (χ1) is 14.8. The van der Waals surface area contributed by atoms with Crippen molar-refractivity contribution in [2.75, 3.05) is 6.54 Å². The monoisotopic (exact) mass is 478 g/mol. The van der Waals surface area contributed by atoms with E-state index in [0.717, 1.165) is 0 Å². The van der Waals surface area contributed by atoms with Gasteiger partial charge in [0.05, 0.1) is 6.04 Å². The van der Waals surface area contributed by atoms with Gasteiger partial charge in [0.25, 0.3) is 5.92 Å². The van der Waals surface area contributed by atoms with Crippen LogP contribution in [0.5, 0.6) is 0 Å². The van der Waals surface area contributed by atoms with Gasteiger partial charge in [-0.05, 0) is 0 Å². The number of aliphatic hydroxyl groups is 5. The Kier molecular flexibility index (Phi) is 9.60. The Morgan fingerprint density at radius 2 is 1.56 bits per heavy atom. The smallest absolute Gasteiger partial charge is 0.272 e. The van der Waals surface area contributed by atoms with Gasteiger partial charge in [-0.1, -0.05) is 0 Å². The lowest BCUT2D eigenvalue weighted by molar-refractivity contribution is -0.477. The third-order valence-corrected chi connectivity index (χ3v) is 5.13. The topological polar surface area (TPSA) is 251 Å². The Balaban J connectivity index is 2.03. The molecule has 0 spiro atoms. The maximum Gasteiger partial charge on any atom is 0.272 e. The minimum absolute atomic E-state index is 0.286. The van der Waals surface area contributed by atoms with E-state index >= 15 is 0 Å². The molecule has 12 atom stereocenters. The molecule has 0 aromatic heterocycles. The molecule has 0 aromatic rings. The van der Waals surface area contributed by atoms with Crippen molar-refractivity contribution in [1.29, 1.82) is 0 Å². The fraction of sp³-hybridized carbons (Fsp3) is 1.00. The fourth-order valence-corrected chi connectivity index (χ4v) is 3.27. The first-order valence-electron chi connectivity index (χ1n) is 9.81. The maximum atomic E-state index is 14.2. The van der Waals surface area contributed by atoms with Gasteiger partial charge >= 0.3 is 0 Å². The van der Waals surface area contributed by atoms with E-state index in [1.807, 2.05) is 0 Å². The number of ether oxygens (including phenoxy) is 3. The van der Waals surface area contributed by atoms with Crippen LogP contribution in [0.1, 0.15) is 13.3 Å². The van der Waals surface area contributed by atoms with E-state index in [1.54, 1.807) is 0 Å². The molecule has 2 aliphatic rings. The van der Waals surface area contributed by atoms with Gasteiger partial charge in [0.1, 0.15) is 42.9 Å². The average molecular weight is 478 g/mol. The van der Waals surface area contributed by atoms with Crippen molar-refractivity contribution in [3.8, 4) is 0 Å². The van der Waals surface area contributed by atoms with Crippen LogP contribution < -0.4 is 22.9 Å². The predicted molar refractivity (Wildman–Crippen MR) is 98.8 cm³/mol. The Bertz CT molecular complexity index is 592. The molecular weight excluding hydrogens is 446 g/mol. The summed E-state index contributed by atoms with van der Waals surface area (Å²) in [6, 6.07) is -2.80. The van der Waals surface area contributed by atoms with Crippen LogP contribution in [-0.2, 0) is 24.0 Å². The van der Waals surface area contributed by atoms with Crippen LogP contribution in [0.4, 0.5) is 8.78 Å². The largest absolute Gasteiger partial charge is 0.388 e. The molecular formula is C16H32F2N4O10.